The number of thioether (sulfide) groups is 2. The van der Waals surface area contributed by atoms with Gasteiger partial charge in [0.25, 0.3) is 0 Å². The van der Waals surface area contributed by atoms with Gasteiger partial charge in [-0.15, -0.1) is 23.5 Å². The average molecular weight is 256 g/mol. The first-order valence-electron chi connectivity index (χ1n) is 4.56. The second-order valence-electron chi connectivity index (χ2n) is 2.46. The summed E-state index contributed by atoms with van der Waals surface area (Å²) < 4.78 is 5.38. The zero-order chi connectivity index (χ0) is 12.4. The van der Waals surface area contributed by atoms with Crippen LogP contribution in [0.25, 0.3) is 0 Å². The molecule has 0 aliphatic heterocycles. The van der Waals surface area contributed by atoms with Crippen LogP contribution in [0, 0.1) is 22.7 Å². The molecule has 16 heavy (non-hydrogen) atoms. The Hall–Kier alpha value is -1.11. The van der Waals surface area contributed by atoms with Crippen LogP contribution in [0.3, 0.4) is 0 Å². The third-order valence-corrected chi connectivity index (χ3v) is 3.73. The van der Waals surface area contributed by atoms with Crippen LogP contribution in [0.2, 0.25) is 0 Å². The average Bonchev–Trinajstić information content (AvgIpc) is 2.28. The molecule has 0 aromatic rings. The van der Waals surface area contributed by atoms with Crippen LogP contribution in [-0.2, 0) is 9.53 Å². The van der Waals surface area contributed by atoms with Crippen molar-refractivity contribution in [2.75, 3.05) is 18.6 Å². The molecule has 0 spiro atoms. The van der Waals surface area contributed by atoms with Gasteiger partial charge in [0.2, 0.25) is 0 Å². The van der Waals surface area contributed by atoms with Crippen molar-refractivity contribution in [2.45, 2.75) is 13.3 Å². The number of rotatable bonds is 6. The predicted octanol–water partition coefficient (Wildman–Crippen LogP) is 2.29. The maximum Gasteiger partial charge on any atom is 0.350 e. The van der Waals surface area contributed by atoms with E-state index in [1.165, 1.54) is 23.5 Å². The highest BCUT2D eigenvalue weighted by Crippen LogP contribution is 2.30. The maximum absolute atomic E-state index is 11.4. The quantitative estimate of drug-likeness (QED) is 0.314. The fourth-order valence-electron chi connectivity index (χ4n) is 0.800. The van der Waals surface area contributed by atoms with E-state index in [4.69, 9.17) is 15.3 Å². The molecular weight excluding hydrogens is 244 g/mol. The molecule has 0 aliphatic carbocycles. The first-order valence-corrected chi connectivity index (χ1v) is 6.77. The van der Waals surface area contributed by atoms with Gasteiger partial charge in [-0.05, 0) is 13.2 Å². The Balaban J connectivity index is 4.72. The van der Waals surface area contributed by atoms with Gasteiger partial charge in [-0.2, -0.15) is 10.5 Å². The van der Waals surface area contributed by atoms with Crippen molar-refractivity contribution in [2.24, 2.45) is 0 Å². The van der Waals surface area contributed by atoms with Gasteiger partial charge >= 0.3 is 5.97 Å². The minimum absolute atomic E-state index is 0.0253. The van der Waals surface area contributed by atoms with Crippen LogP contribution in [0.5, 0.6) is 0 Å². The molecule has 0 amide bonds. The summed E-state index contributed by atoms with van der Waals surface area (Å²) in [6.07, 6.45) is 2.17. The van der Waals surface area contributed by atoms with Crippen molar-refractivity contribution in [3.8, 4) is 12.1 Å². The summed E-state index contributed by atoms with van der Waals surface area (Å²) in [6, 6.07) is 3.85. The summed E-state index contributed by atoms with van der Waals surface area (Å²) in [4.78, 5) is 11.4. The van der Waals surface area contributed by atoms with E-state index in [1.807, 2.05) is 12.1 Å². The normalized spacial score (nSPS) is 11.0. The zero-order valence-corrected chi connectivity index (χ0v) is 10.8. The molecule has 0 N–H and O–H groups in total. The number of nitrogens with zero attached hydrogens (tertiary/aromatic N) is 2. The van der Waals surface area contributed by atoms with Crippen molar-refractivity contribution in [3.63, 3.8) is 0 Å². The van der Waals surface area contributed by atoms with Crippen molar-refractivity contribution in [1.29, 1.82) is 10.5 Å². The molecule has 0 aliphatic rings. The summed E-state index contributed by atoms with van der Waals surface area (Å²) in [5.74, 6) is -0.0316. The van der Waals surface area contributed by atoms with Gasteiger partial charge in [-0.3, -0.25) is 0 Å². The minimum atomic E-state index is -0.598. The number of carbonyl (C=O) groups excluding carboxylic acids is 1. The number of ether oxygens (including phenoxy) is 1. The molecular formula is C10H12N2O2S2. The van der Waals surface area contributed by atoms with Gasteiger partial charge in [0.15, 0.2) is 5.57 Å². The molecule has 0 unspecified atom stereocenters. The van der Waals surface area contributed by atoms with Gasteiger partial charge in [0.1, 0.15) is 6.07 Å². The van der Waals surface area contributed by atoms with E-state index < -0.39 is 5.97 Å². The Morgan fingerprint density at radius 1 is 1.44 bits per heavy atom. The second-order valence-corrected chi connectivity index (χ2v) is 4.64. The Morgan fingerprint density at radius 2 is 2.12 bits per heavy atom. The number of hydrogen-bond donors (Lipinski definition) is 0. The molecule has 4 nitrogen and oxygen atoms in total. The number of hydrogen-bond acceptors (Lipinski definition) is 6. The summed E-state index contributed by atoms with van der Waals surface area (Å²) in [5, 5.41) is 17.3. The minimum Gasteiger partial charge on any atom is -0.462 e. The number of esters is 1. The maximum atomic E-state index is 11.4. The molecule has 0 heterocycles. The summed E-state index contributed by atoms with van der Waals surface area (Å²) in [6.45, 7) is 1.93. The molecule has 86 valence electrons. The van der Waals surface area contributed by atoms with Crippen molar-refractivity contribution < 1.29 is 9.53 Å². The van der Waals surface area contributed by atoms with Crippen molar-refractivity contribution in [1.82, 2.24) is 0 Å². The van der Waals surface area contributed by atoms with Crippen molar-refractivity contribution >= 4 is 29.5 Å². The fraction of sp³-hybridized carbons (Fsp3) is 0.500. The van der Waals surface area contributed by atoms with Crippen LogP contribution in [0.4, 0.5) is 0 Å². The predicted molar refractivity (Wildman–Crippen MR) is 65.5 cm³/mol. The fourth-order valence-corrected chi connectivity index (χ4v) is 2.51. The SMILES string of the molecule is CCOC(=O)C(C#N)=C(SC)SCCC#N. The number of carbonyl (C=O) groups is 1. The molecule has 0 saturated heterocycles. The van der Waals surface area contributed by atoms with Gasteiger partial charge in [0.05, 0.1) is 16.9 Å². The van der Waals surface area contributed by atoms with Crippen LogP contribution < -0.4 is 0 Å². The standard InChI is InChI=1S/C10H12N2O2S2/c1-3-14-9(13)8(7-12)10(15-2)16-6-4-5-11/h3-4,6H2,1-2H3. The highest BCUT2D eigenvalue weighted by molar-refractivity contribution is 8.22. The third-order valence-electron chi connectivity index (χ3n) is 1.43. The van der Waals surface area contributed by atoms with Gasteiger partial charge in [0, 0.05) is 12.2 Å². The molecule has 0 bridgehead atoms. The topological polar surface area (TPSA) is 73.9 Å². The second kappa shape index (κ2) is 9.14. The molecule has 0 atom stereocenters. The number of nitriles is 2. The largest absolute Gasteiger partial charge is 0.462 e. The first kappa shape index (κ1) is 14.9. The summed E-state index contributed by atoms with van der Waals surface area (Å²) >= 11 is 2.65. The summed E-state index contributed by atoms with van der Waals surface area (Å²) in [7, 11) is 0. The zero-order valence-electron chi connectivity index (χ0n) is 9.15. The molecule has 0 radical (unpaired) electrons. The van der Waals surface area contributed by atoms with E-state index in [-0.39, 0.29) is 12.2 Å². The van der Waals surface area contributed by atoms with Crippen LogP contribution in [-0.4, -0.2) is 24.6 Å². The lowest BCUT2D eigenvalue weighted by atomic mass is 10.3. The Bertz CT molecular complexity index is 353. The van der Waals surface area contributed by atoms with Crippen molar-refractivity contribution in [3.05, 3.63) is 9.81 Å². The first-order chi connectivity index (χ1) is 7.71. The molecule has 0 saturated carbocycles. The third kappa shape index (κ3) is 5.11. The smallest absolute Gasteiger partial charge is 0.350 e. The Kier molecular flexibility index (Phi) is 8.51. The monoisotopic (exact) mass is 256 g/mol. The highest BCUT2D eigenvalue weighted by Gasteiger charge is 2.16. The lowest BCUT2D eigenvalue weighted by molar-refractivity contribution is -0.138. The van der Waals surface area contributed by atoms with Gasteiger partial charge < -0.3 is 4.74 Å². The van der Waals surface area contributed by atoms with E-state index in [9.17, 15) is 4.79 Å². The molecule has 0 fully saturated rings. The van der Waals surface area contributed by atoms with Crippen LogP contribution in [0.15, 0.2) is 9.81 Å². The lowest BCUT2D eigenvalue weighted by Gasteiger charge is -2.05. The Morgan fingerprint density at radius 3 is 2.56 bits per heavy atom. The van der Waals surface area contributed by atoms with E-state index in [1.54, 1.807) is 13.2 Å². The van der Waals surface area contributed by atoms with E-state index in [0.29, 0.717) is 16.4 Å². The molecule has 0 rings (SSSR count). The molecule has 0 aromatic carbocycles. The summed E-state index contributed by atoms with van der Waals surface area (Å²) in [5.41, 5.74) is 0.0253. The van der Waals surface area contributed by atoms with E-state index in [2.05, 4.69) is 0 Å². The van der Waals surface area contributed by atoms with Crippen LogP contribution >= 0.6 is 23.5 Å². The lowest BCUT2D eigenvalue weighted by Crippen LogP contribution is -2.07. The van der Waals surface area contributed by atoms with E-state index >= 15 is 0 Å². The molecule has 6 heteroatoms. The molecule has 0 aromatic heterocycles. The van der Waals surface area contributed by atoms with Crippen LogP contribution in [0.1, 0.15) is 13.3 Å². The highest BCUT2D eigenvalue weighted by atomic mass is 32.2. The van der Waals surface area contributed by atoms with Gasteiger partial charge in [-0.1, -0.05) is 0 Å². The van der Waals surface area contributed by atoms with E-state index in [0.717, 1.165) is 0 Å². The van der Waals surface area contributed by atoms with Gasteiger partial charge in [-0.25, -0.2) is 4.79 Å². The Labute approximate surface area is 104 Å².